The van der Waals surface area contributed by atoms with Crippen molar-refractivity contribution in [2.24, 2.45) is 0 Å². The average molecular weight is 98.1 g/mol. The molecule has 2 saturated heterocycles. The SMILES string of the molecule is C1CN2CO[C]1C2. The van der Waals surface area contributed by atoms with Crippen LogP contribution in [0.15, 0.2) is 0 Å². The summed E-state index contributed by atoms with van der Waals surface area (Å²) in [6.45, 7) is 3.20. The van der Waals surface area contributed by atoms with E-state index < -0.39 is 0 Å². The molecule has 2 aliphatic rings. The zero-order valence-corrected chi connectivity index (χ0v) is 4.18. The molecular weight excluding hydrogens is 90.1 g/mol. The monoisotopic (exact) mass is 98.1 g/mol. The molecule has 0 N–H and O–H groups in total. The number of hydrogen-bond donors (Lipinski definition) is 0. The number of fused-ring (bicyclic) bond motifs is 2. The van der Waals surface area contributed by atoms with Gasteiger partial charge in [0.05, 0.1) is 0 Å². The lowest BCUT2D eigenvalue weighted by Gasteiger charge is -2.09. The molecule has 0 aromatic rings. The Bertz CT molecular complexity index is 66.1. The Morgan fingerprint density at radius 3 is 2.71 bits per heavy atom. The van der Waals surface area contributed by atoms with Crippen molar-refractivity contribution >= 4 is 0 Å². The maximum absolute atomic E-state index is 5.19. The summed E-state index contributed by atoms with van der Waals surface area (Å²) in [5.41, 5.74) is 0. The van der Waals surface area contributed by atoms with Gasteiger partial charge in [0.2, 0.25) is 0 Å². The van der Waals surface area contributed by atoms with Gasteiger partial charge in [-0.2, -0.15) is 0 Å². The molecule has 0 aromatic heterocycles. The van der Waals surface area contributed by atoms with E-state index in [1.165, 1.54) is 19.1 Å². The second kappa shape index (κ2) is 1.20. The molecule has 2 rings (SSSR count). The molecule has 2 fully saturated rings. The summed E-state index contributed by atoms with van der Waals surface area (Å²) in [4.78, 5) is 2.30. The Balaban J connectivity index is 2.12. The quantitative estimate of drug-likeness (QED) is 0.429. The highest BCUT2D eigenvalue weighted by atomic mass is 16.5. The van der Waals surface area contributed by atoms with Crippen LogP contribution in [0.2, 0.25) is 0 Å². The topological polar surface area (TPSA) is 12.5 Å². The number of nitrogens with zero attached hydrogens (tertiary/aromatic N) is 1. The average Bonchev–Trinajstić information content (AvgIpc) is 2.22. The third-order valence-electron chi connectivity index (χ3n) is 1.56. The maximum atomic E-state index is 5.19. The summed E-state index contributed by atoms with van der Waals surface area (Å²) in [5.74, 6) is 0. The summed E-state index contributed by atoms with van der Waals surface area (Å²) in [7, 11) is 0. The molecule has 0 saturated carbocycles. The fourth-order valence-corrected chi connectivity index (χ4v) is 1.10. The van der Waals surface area contributed by atoms with E-state index in [2.05, 4.69) is 4.90 Å². The first kappa shape index (κ1) is 3.87. The van der Waals surface area contributed by atoms with Crippen molar-refractivity contribution in [2.75, 3.05) is 19.8 Å². The van der Waals surface area contributed by atoms with Crippen LogP contribution in [0.4, 0.5) is 0 Å². The first-order valence-corrected chi connectivity index (χ1v) is 2.65. The Kier molecular flexibility index (Phi) is 0.664. The molecule has 2 nitrogen and oxygen atoms in total. The molecule has 39 valence electrons. The van der Waals surface area contributed by atoms with Crippen molar-refractivity contribution < 1.29 is 4.74 Å². The van der Waals surface area contributed by atoms with Crippen molar-refractivity contribution in [3.8, 4) is 0 Å². The molecule has 0 amide bonds. The Morgan fingerprint density at radius 2 is 2.57 bits per heavy atom. The Hall–Kier alpha value is -0.0800. The minimum Gasteiger partial charge on any atom is -0.355 e. The molecular formula is C5H8NO. The Labute approximate surface area is 43.1 Å². The largest absolute Gasteiger partial charge is 0.355 e. The number of ether oxygens (including phenoxy) is 1. The molecule has 1 unspecified atom stereocenters. The van der Waals surface area contributed by atoms with Gasteiger partial charge in [-0.05, 0) is 6.42 Å². The molecule has 7 heavy (non-hydrogen) atoms. The van der Waals surface area contributed by atoms with Crippen molar-refractivity contribution in [3.05, 3.63) is 6.10 Å². The van der Waals surface area contributed by atoms with E-state index in [4.69, 9.17) is 4.74 Å². The minimum atomic E-state index is 0.856. The van der Waals surface area contributed by atoms with Crippen molar-refractivity contribution in [1.82, 2.24) is 4.90 Å². The summed E-state index contributed by atoms with van der Waals surface area (Å²) in [6, 6.07) is 0. The molecule has 2 heterocycles. The highest BCUT2D eigenvalue weighted by molar-refractivity contribution is 4.94. The van der Waals surface area contributed by atoms with E-state index in [9.17, 15) is 0 Å². The zero-order valence-electron chi connectivity index (χ0n) is 4.18. The second-order valence-electron chi connectivity index (χ2n) is 2.11. The third-order valence-corrected chi connectivity index (χ3v) is 1.56. The summed E-state index contributed by atoms with van der Waals surface area (Å²) >= 11 is 0. The lowest BCUT2D eigenvalue weighted by molar-refractivity contribution is 0.103. The number of hydrogen-bond acceptors (Lipinski definition) is 2. The van der Waals surface area contributed by atoms with Gasteiger partial charge in [-0.3, -0.25) is 4.90 Å². The predicted octanol–water partition coefficient (Wildman–Crippen LogP) is 0.212. The first-order chi connectivity index (χ1) is 3.45. The second-order valence-corrected chi connectivity index (χ2v) is 2.11. The number of rotatable bonds is 0. The molecule has 0 spiro atoms. The van der Waals surface area contributed by atoms with E-state index >= 15 is 0 Å². The fraction of sp³-hybridized carbons (Fsp3) is 0.800. The maximum Gasteiger partial charge on any atom is 0.114 e. The standard InChI is InChI=1S/C5H8NO/c1-2-6-3-5(1)7-4-6/h1-4H2. The molecule has 2 bridgehead atoms. The van der Waals surface area contributed by atoms with Crippen molar-refractivity contribution in [2.45, 2.75) is 6.42 Å². The van der Waals surface area contributed by atoms with E-state index in [0.29, 0.717) is 0 Å². The van der Waals surface area contributed by atoms with Crippen LogP contribution in [0.5, 0.6) is 0 Å². The van der Waals surface area contributed by atoms with E-state index in [1.807, 2.05) is 0 Å². The van der Waals surface area contributed by atoms with Crippen LogP contribution >= 0.6 is 0 Å². The molecule has 0 aromatic carbocycles. The summed E-state index contributed by atoms with van der Waals surface area (Å²) < 4.78 is 5.19. The summed E-state index contributed by atoms with van der Waals surface area (Å²) in [5, 5.41) is 0. The molecule has 1 atom stereocenters. The highest BCUT2D eigenvalue weighted by Gasteiger charge is 2.30. The van der Waals surface area contributed by atoms with Crippen LogP contribution in [-0.4, -0.2) is 24.7 Å². The minimum absolute atomic E-state index is 0.856. The highest BCUT2D eigenvalue weighted by Crippen LogP contribution is 2.25. The van der Waals surface area contributed by atoms with E-state index in [-0.39, 0.29) is 0 Å². The lowest BCUT2D eigenvalue weighted by atomic mass is 10.3. The van der Waals surface area contributed by atoms with Crippen LogP contribution in [0.3, 0.4) is 0 Å². The predicted molar refractivity (Wildman–Crippen MR) is 25.4 cm³/mol. The normalized spacial score (nSPS) is 40.3. The first-order valence-electron chi connectivity index (χ1n) is 2.65. The fourth-order valence-electron chi connectivity index (χ4n) is 1.10. The smallest absolute Gasteiger partial charge is 0.114 e. The van der Waals surface area contributed by atoms with Crippen molar-refractivity contribution in [3.63, 3.8) is 0 Å². The zero-order chi connectivity index (χ0) is 4.69. The van der Waals surface area contributed by atoms with Gasteiger partial charge in [0.25, 0.3) is 0 Å². The van der Waals surface area contributed by atoms with Crippen LogP contribution in [0.1, 0.15) is 6.42 Å². The molecule has 0 aliphatic carbocycles. The molecule has 2 aliphatic heterocycles. The third kappa shape index (κ3) is 0.469. The van der Waals surface area contributed by atoms with Gasteiger partial charge in [-0.1, -0.05) is 0 Å². The van der Waals surface area contributed by atoms with Crippen LogP contribution < -0.4 is 0 Å². The van der Waals surface area contributed by atoms with Gasteiger partial charge in [-0.25, -0.2) is 0 Å². The molecule has 2 heteroatoms. The van der Waals surface area contributed by atoms with Crippen LogP contribution in [0, 0.1) is 6.10 Å². The van der Waals surface area contributed by atoms with Gasteiger partial charge in [0.1, 0.15) is 12.8 Å². The van der Waals surface area contributed by atoms with Crippen molar-refractivity contribution in [1.29, 1.82) is 0 Å². The van der Waals surface area contributed by atoms with E-state index in [1.54, 1.807) is 0 Å². The lowest BCUT2D eigenvalue weighted by Crippen LogP contribution is -2.17. The Morgan fingerprint density at radius 1 is 1.57 bits per heavy atom. The van der Waals surface area contributed by atoms with E-state index in [0.717, 1.165) is 13.3 Å². The van der Waals surface area contributed by atoms with Gasteiger partial charge in [0.15, 0.2) is 0 Å². The van der Waals surface area contributed by atoms with Crippen LogP contribution in [-0.2, 0) is 4.74 Å². The molecule has 1 radical (unpaired) electrons. The van der Waals surface area contributed by atoms with Gasteiger partial charge < -0.3 is 4.74 Å². The van der Waals surface area contributed by atoms with Crippen LogP contribution in [0.25, 0.3) is 0 Å². The van der Waals surface area contributed by atoms with Gasteiger partial charge >= 0.3 is 0 Å². The van der Waals surface area contributed by atoms with Gasteiger partial charge in [0, 0.05) is 13.1 Å². The van der Waals surface area contributed by atoms with Gasteiger partial charge in [-0.15, -0.1) is 0 Å². The summed E-state index contributed by atoms with van der Waals surface area (Å²) in [6.07, 6.45) is 2.47.